The van der Waals surface area contributed by atoms with Crippen LogP contribution in [0.4, 0.5) is 4.79 Å². The first-order valence-corrected chi connectivity index (χ1v) is 6.67. The van der Waals surface area contributed by atoms with Crippen molar-refractivity contribution in [1.29, 1.82) is 0 Å². The lowest BCUT2D eigenvalue weighted by atomic mass is 10.3. The lowest BCUT2D eigenvalue weighted by Crippen LogP contribution is -2.45. The zero-order valence-electron chi connectivity index (χ0n) is 11.4. The van der Waals surface area contributed by atoms with E-state index < -0.39 is 0 Å². The van der Waals surface area contributed by atoms with Gasteiger partial charge in [-0.3, -0.25) is 4.98 Å². The van der Waals surface area contributed by atoms with Gasteiger partial charge in [-0.25, -0.2) is 4.79 Å². The second-order valence-electron chi connectivity index (χ2n) is 4.47. The third kappa shape index (κ3) is 3.34. The van der Waals surface area contributed by atoms with Crippen molar-refractivity contribution in [2.45, 2.75) is 6.54 Å². The number of urea groups is 1. The van der Waals surface area contributed by atoms with E-state index >= 15 is 0 Å². The SMILES string of the molecule is O=C(NCc1nnc(-c2ccccn2)o1)N1CCOCC1. The van der Waals surface area contributed by atoms with Gasteiger partial charge in [0.2, 0.25) is 5.89 Å². The predicted octanol–water partition coefficient (Wildman–Crippen LogP) is 0.673. The topological polar surface area (TPSA) is 93.4 Å². The van der Waals surface area contributed by atoms with Gasteiger partial charge >= 0.3 is 6.03 Å². The Labute approximate surface area is 121 Å². The first-order valence-electron chi connectivity index (χ1n) is 6.67. The molecule has 21 heavy (non-hydrogen) atoms. The molecular weight excluding hydrogens is 274 g/mol. The van der Waals surface area contributed by atoms with Crippen molar-refractivity contribution in [3.63, 3.8) is 0 Å². The van der Waals surface area contributed by atoms with Crippen LogP contribution >= 0.6 is 0 Å². The van der Waals surface area contributed by atoms with Crippen molar-refractivity contribution in [1.82, 2.24) is 25.4 Å². The average molecular weight is 289 g/mol. The van der Waals surface area contributed by atoms with E-state index in [0.29, 0.717) is 43.8 Å². The molecule has 0 aromatic carbocycles. The number of rotatable bonds is 3. The maximum atomic E-state index is 11.9. The number of morpholine rings is 1. The highest BCUT2D eigenvalue weighted by atomic mass is 16.5. The highest BCUT2D eigenvalue weighted by Crippen LogP contribution is 2.13. The highest BCUT2D eigenvalue weighted by molar-refractivity contribution is 5.74. The summed E-state index contributed by atoms with van der Waals surface area (Å²) in [5.41, 5.74) is 0.607. The molecule has 2 aromatic heterocycles. The van der Waals surface area contributed by atoms with Crippen molar-refractivity contribution in [2.75, 3.05) is 26.3 Å². The summed E-state index contributed by atoms with van der Waals surface area (Å²) in [4.78, 5) is 17.7. The molecule has 110 valence electrons. The molecule has 1 N–H and O–H groups in total. The maximum absolute atomic E-state index is 11.9. The molecule has 0 saturated carbocycles. The molecule has 0 atom stereocenters. The molecule has 3 heterocycles. The van der Waals surface area contributed by atoms with Gasteiger partial charge in [0.25, 0.3) is 5.89 Å². The monoisotopic (exact) mass is 289 g/mol. The Morgan fingerprint density at radius 2 is 2.14 bits per heavy atom. The molecular formula is C13H15N5O3. The van der Waals surface area contributed by atoms with Crippen LogP contribution in [0, 0.1) is 0 Å². The van der Waals surface area contributed by atoms with Crippen molar-refractivity contribution in [3.05, 3.63) is 30.3 Å². The minimum Gasteiger partial charge on any atom is -0.417 e. The number of hydrogen-bond acceptors (Lipinski definition) is 6. The van der Waals surface area contributed by atoms with Crippen LogP contribution in [0.15, 0.2) is 28.8 Å². The molecule has 0 spiro atoms. The Morgan fingerprint density at radius 1 is 1.29 bits per heavy atom. The van der Waals surface area contributed by atoms with Crippen molar-refractivity contribution < 1.29 is 13.9 Å². The van der Waals surface area contributed by atoms with Crippen LogP contribution in [0.5, 0.6) is 0 Å². The molecule has 1 aliphatic heterocycles. The van der Waals surface area contributed by atoms with Crippen molar-refractivity contribution in [2.24, 2.45) is 0 Å². The quantitative estimate of drug-likeness (QED) is 0.892. The number of ether oxygens (including phenoxy) is 1. The highest BCUT2D eigenvalue weighted by Gasteiger charge is 2.17. The van der Waals surface area contributed by atoms with Crippen LogP contribution in [0.1, 0.15) is 5.89 Å². The Morgan fingerprint density at radius 3 is 2.90 bits per heavy atom. The molecule has 0 unspecified atom stereocenters. The Balaban J connectivity index is 1.56. The lowest BCUT2D eigenvalue weighted by molar-refractivity contribution is 0.0530. The summed E-state index contributed by atoms with van der Waals surface area (Å²) in [6.07, 6.45) is 1.65. The van der Waals surface area contributed by atoms with Crippen LogP contribution in [-0.2, 0) is 11.3 Å². The standard InChI is InChI=1S/C13H15N5O3/c19-13(18-5-7-20-8-6-18)15-9-11-16-17-12(21-11)10-3-1-2-4-14-10/h1-4H,5-9H2,(H,15,19). The Hall–Kier alpha value is -2.48. The molecule has 3 rings (SSSR count). The maximum Gasteiger partial charge on any atom is 0.317 e. The summed E-state index contributed by atoms with van der Waals surface area (Å²) in [5.74, 6) is 0.684. The van der Waals surface area contributed by atoms with Crippen LogP contribution in [0.2, 0.25) is 0 Å². The van der Waals surface area contributed by atoms with Crippen LogP contribution in [0.25, 0.3) is 11.6 Å². The molecule has 8 heteroatoms. The van der Waals surface area contributed by atoms with Gasteiger partial charge in [-0.05, 0) is 12.1 Å². The Kier molecular flexibility index (Phi) is 4.06. The third-order valence-corrected chi connectivity index (χ3v) is 3.04. The van der Waals surface area contributed by atoms with Gasteiger partial charge in [-0.2, -0.15) is 0 Å². The van der Waals surface area contributed by atoms with E-state index in [0.717, 1.165) is 0 Å². The summed E-state index contributed by atoms with van der Waals surface area (Å²) < 4.78 is 10.7. The first kappa shape index (κ1) is 13.5. The van der Waals surface area contributed by atoms with Crippen molar-refractivity contribution in [3.8, 4) is 11.6 Å². The smallest absolute Gasteiger partial charge is 0.317 e. The number of aromatic nitrogens is 3. The molecule has 8 nitrogen and oxygen atoms in total. The average Bonchev–Trinajstić information content (AvgIpc) is 3.03. The van der Waals surface area contributed by atoms with E-state index in [2.05, 4.69) is 20.5 Å². The molecule has 2 amide bonds. The molecule has 1 aliphatic rings. The van der Waals surface area contributed by atoms with Gasteiger partial charge in [0, 0.05) is 19.3 Å². The number of nitrogens with zero attached hydrogens (tertiary/aromatic N) is 4. The van der Waals surface area contributed by atoms with Gasteiger partial charge in [0.15, 0.2) is 0 Å². The fraction of sp³-hybridized carbons (Fsp3) is 0.385. The summed E-state index contributed by atoms with van der Waals surface area (Å²) in [6.45, 7) is 2.51. The molecule has 0 bridgehead atoms. The van der Waals surface area contributed by atoms with Gasteiger partial charge in [0.1, 0.15) is 5.69 Å². The lowest BCUT2D eigenvalue weighted by Gasteiger charge is -2.26. The van der Waals surface area contributed by atoms with E-state index in [9.17, 15) is 4.79 Å². The summed E-state index contributed by atoms with van der Waals surface area (Å²) >= 11 is 0. The van der Waals surface area contributed by atoms with E-state index in [4.69, 9.17) is 9.15 Å². The summed E-state index contributed by atoms with van der Waals surface area (Å²) in [7, 11) is 0. The molecule has 0 aliphatic carbocycles. The minimum absolute atomic E-state index is 0.157. The number of amides is 2. The number of pyridine rings is 1. The molecule has 1 saturated heterocycles. The zero-order chi connectivity index (χ0) is 14.5. The molecule has 2 aromatic rings. The molecule has 1 fully saturated rings. The van der Waals surface area contributed by atoms with Gasteiger partial charge < -0.3 is 19.4 Å². The molecule has 0 radical (unpaired) electrons. The number of hydrogen-bond donors (Lipinski definition) is 1. The van der Waals surface area contributed by atoms with E-state index in [1.54, 1.807) is 17.2 Å². The summed E-state index contributed by atoms with van der Waals surface area (Å²) in [6, 6.07) is 5.27. The fourth-order valence-electron chi connectivity index (χ4n) is 1.95. The zero-order valence-corrected chi connectivity index (χ0v) is 11.4. The van der Waals surface area contributed by atoms with E-state index in [1.807, 2.05) is 12.1 Å². The van der Waals surface area contributed by atoms with Gasteiger partial charge in [0.05, 0.1) is 19.8 Å². The van der Waals surface area contributed by atoms with Crippen molar-refractivity contribution >= 4 is 6.03 Å². The normalized spacial score (nSPS) is 15.0. The number of nitrogens with one attached hydrogen (secondary N) is 1. The third-order valence-electron chi connectivity index (χ3n) is 3.04. The van der Waals surface area contributed by atoms with E-state index in [1.165, 1.54) is 0 Å². The van der Waals surface area contributed by atoms with Crippen LogP contribution in [-0.4, -0.2) is 52.4 Å². The predicted molar refractivity (Wildman–Crippen MR) is 72.2 cm³/mol. The second kappa shape index (κ2) is 6.31. The van der Waals surface area contributed by atoms with Crippen LogP contribution < -0.4 is 5.32 Å². The van der Waals surface area contributed by atoms with E-state index in [-0.39, 0.29) is 12.6 Å². The largest absolute Gasteiger partial charge is 0.417 e. The van der Waals surface area contributed by atoms with Crippen LogP contribution in [0.3, 0.4) is 0 Å². The first-order chi connectivity index (χ1) is 10.3. The fourth-order valence-corrected chi connectivity index (χ4v) is 1.95. The minimum atomic E-state index is -0.157. The van der Waals surface area contributed by atoms with Gasteiger partial charge in [-0.1, -0.05) is 6.07 Å². The number of carbonyl (C=O) groups is 1. The number of carbonyl (C=O) groups excluding carboxylic acids is 1. The second-order valence-corrected chi connectivity index (χ2v) is 4.47. The Bertz CT molecular complexity index is 595. The van der Waals surface area contributed by atoms with Gasteiger partial charge in [-0.15, -0.1) is 10.2 Å². The summed E-state index contributed by atoms with van der Waals surface area (Å²) in [5, 5.41) is 10.6.